The fourth-order valence-corrected chi connectivity index (χ4v) is 4.78. The van der Waals surface area contributed by atoms with E-state index in [2.05, 4.69) is 32.2 Å². The van der Waals surface area contributed by atoms with Crippen molar-refractivity contribution in [3.8, 4) is 17.5 Å². The molecule has 0 saturated heterocycles. The first-order valence-corrected chi connectivity index (χ1v) is 12.4. The van der Waals surface area contributed by atoms with Gasteiger partial charge in [0.2, 0.25) is 0 Å². The van der Waals surface area contributed by atoms with E-state index in [1.807, 2.05) is 23.8 Å². The summed E-state index contributed by atoms with van der Waals surface area (Å²) < 4.78 is 14.9. The Morgan fingerprint density at radius 3 is 2.77 bits per heavy atom. The molecule has 0 aliphatic carbocycles. The molecule has 0 aliphatic heterocycles. The fraction of sp³-hybridized carbons (Fsp3) is 0.0400. The van der Waals surface area contributed by atoms with E-state index in [1.165, 1.54) is 41.6 Å². The predicted octanol–water partition coefficient (Wildman–Crippen LogP) is 4.97. The number of rotatable bonds is 4. The maximum Gasteiger partial charge on any atom is 0.276 e. The summed E-state index contributed by atoms with van der Waals surface area (Å²) in [5, 5.41) is 10.7. The van der Waals surface area contributed by atoms with Gasteiger partial charge in [-0.15, -0.1) is 23.1 Å². The number of benzene rings is 2. The van der Waals surface area contributed by atoms with E-state index in [-0.39, 0.29) is 17.4 Å². The summed E-state index contributed by atoms with van der Waals surface area (Å²) in [6.07, 6.45) is 3.32. The van der Waals surface area contributed by atoms with Crippen LogP contribution in [0, 0.1) is 17.7 Å². The van der Waals surface area contributed by atoms with Gasteiger partial charge in [0.25, 0.3) is 5.91 Å². The predicted molar refractivity (Wildman–Crippen MR) is 138 cm³/mol. The van der Waals surface area contributed by atoms with Gasteiger partial charge in [-0.05, 0) is 48.7 Å². The number of carbonyl (C=O) groups is 1. The molecule has 0 aliphatic rings. The number of nitrogens with two attached hydrogens (primary N) is 1. The molecule has 35 heavy (non-hydrogen) atoms. The van der Waals surface area contributed by atoms with Crippen molar-refractivity contribution in [3.63, 3.8) is 0 Å². The number of nitrogens with zero attached hydrogens (tertiary/aromatic N) is 4. The Kier molecular flexibility index (Phi) is 6.18. The lowest BCUT2D eigenvalue weighted by molar-refractivity contribution is 0.102. The van der Waals surface area contributed by atoms with E-state index < -0.39 is 0 Å². The van der Waals surface area contributed by atoms with Crippen LogP contribution in [0.4, 0.5) is 15.9 Å². The van der Waals surface area contributed by atoms with Crippen LogP contribution in [0.3, 0.4) is 0 Å². The molecule has 0 bridgehead atoms. The third-order valence-electron chi connectivity index (χ3n) is 5.05. The molecule has 5 aromatic rings. The number of thiophene rings is 1. The largest absolute Gasteiger partial charge is 0.383 e. The van der Waals surface area contributed by atoms with Crippen molar-refractivity contribution in [2.45, 2.75) is 5.03 Å². The van der Waals surface area contributed by atoms with E-state index in [9.17, 15) is 9.18 Å². The maximum absolute atomic E-state index is 13.3. The Bertz CT molecular complexity index is 1610. The Balaban J connectivity index is 1.37. The number of nitrogen functional groups attached to an aromatic ring is 1. The van der Waals surface area contributed by atoms with Crippen molar-refractivity contribution in [3.05, 3.63) is 88.9 Å². The summed E-state index contributed by atoms with van der Waals surface area (Å²) >= 11 is 2.90. The molecule has 0 spiro atoms. The third kappa shape index (κ3) is 4.73. The number of amides is 1. The molecule has 5 rings (SSSR count). The van der Waals surface area contributed by atoms with Crippen LogP contribution < -0.4 is 11.1 Å². The van der Waals surface area contributed by atoms with E-state index in [0.29, 0.717) is 17.2 Å². The molecular formula is C25H17FN6OS2. The van der Waals surface area contributed by atoms with Crippen molar-refractivity contribution in [1.29, 1.82) is 0 Å². The second kappa shape index (κ2) is 9.58. The molecule has 3 heterocycles. The Labute approximate surface area is 208 Å². The zero-order valence-electron chi connectivity index (χ0n) is 18.3. The van der Waals surface area contributed by atoms with E-state index in [1.54, 1.807) is 35.0 Å². The highest BCUT2D eigenvalue weighted by molar-refractivity contribution is 7.98. The topological polar surface area (TPSA) is 98.7 Å². The zero-order valence-corrected chi connectivity index (χ0v) is 20.0. The van der Waals surface area contributed by atoms with Crippen molar-refractivity contribution >= 4 is 50.7 Å². The molecule has 0 saturated carbocycles. The van der Waals surface area contributed by atoms with Gasteiger partial charge >= 0.3 is 0 Å². The monoisotopic (exact) mass is 500 g/mol. The van der Waals surface area contributed by atoms with Crippen LogP contribution in [0.15, 0.2) is 71.3 Å². The van der Waals surface area contributed by atoms with E-state index >= 15 is 0 Å². The molecule has 2 aromatic carbocycles. The van der Waals surface area contributed by atoms with Gasteiger partial charge in [0.1, 0.15) is 27.8 Å². The van der Waals surface area contributed by atoms with Gasteiger partial charge in [-0.3, -0.25) is 4.79 Å². The van der Waals surface area contributed by atoms with E-state index in [4.69, 9.17) is 5.73 Å². The first-order chi connectivity index (χ1) is 17.0. The number of anilines is 2. The van der Waals surface area contributed by atoms with Gasteiger partial charge in [-0.25, -0.2) is 19.0 Å². The number of hydrogen-bond acceptors (Lipinski definition) is 7. The van der Waals surface area contributed by atoms with Gasteiger partial charge in [-0.2, -0.15) is 5.10 Å². The van der Waals surface area contributed by atoms with E-state index in [0.717, 1.165) is 26.4 Å². The smallest absolute Gasteiger partial charge is 0.276 e. The lowest BCUT2D eigenvalue weighted by Gasteiger charge is -2.05. The number of carbonyl (C=O) groups excluding carboxylic acids is 1. The van der Waals surface area contributed by atoms with Crippen LogP contribution in [0.1, 0.15) is 21.6 Å². The highest BCUT2D eigenvalue weighted by Gasteiger charge is 2.16. The van der Waals surface area contributed by atoms with Gasteiger partial charge in [-0.1, -0.05) is 17.9 Å². The van der Waals surface area contributed by atoms with Gasteiger partial charge < -0.3 is 11.1 Å². The minimum Gasteiger partial charge on any atom is -0.383 e. The van der Waals surface area contributed by atoms with Crippen LogP contribution in [-0.4, -0.2) is 31.9 Å². The van der Waals surface area contributed by atoms with Gasteiger partial charge in [0.05, 0.1) is 11.1 Å². The highest BCUT2D eigenvalue weighted by atomic mass is 32.2. The second-order valence-corrected chi connectivity index (χ2v) is 9.02. The Morgan fingerprint density at radius 1 is 1.14 bits per heavy atom. The minimum atomic E-state index is -0.361. The zero-order chi connectivity index (χ0) is 24.4. The first kappa shape index (κ1) is 22.6. The van der Waals surface area contributed by atoms with Crippen LogP contribution >= 0.6 is 23.1 Å². The lowest BCUT2D eigenvalue weighted by Crippen LogP contribution is -2.13. The minimum absolute atomic E-state index is 0.246. The molecule has 0 radical (unpaired) electrons. The molecule has 0 fully saturated rings. The molecule has 1 amide bonds. The summed E-state index contributed by atoms with van der Waals surface area (Å²) in [4.78, 5) is 21.9. The molecular weight excluding hydrogens is 483 g/mol. The number of nitrogens with one attached hydrogen (secondary N) is 1. The normalized spacial score (nSPS) is 10.7. The molecule has 3 N–H and O–H groups in total. The number of aromatic nitrogens is 4. The molecule has 7 nitrogen and oxygen atoms in total. The highest BCUT2D eigenvalue weighted by Crippen LogP contribution is 2.27. The second-order valence-electron chi connectivity index (χ2n) is 7.33. The van der Waals surface area contributed by atoms with Crippen molar-refractivity contribution < 1.29 is 9.18 Å². The van der Waals surface area contributed by atoms with Crippen LogP contribution in [0.2, 0.25) is 0 Å². The third-order valence-corrected chi connectivity index (χ3v) is 6.65. The summed E-state index contributed by atoms with van der Waals surface area (Å²) in [7, 11) is 0. The average Bonchev–Trinajstić information content (AvgIpc) is 3.49. The maximum atomic E-state index is 13.3. The number of thioether (sulfide) groups is 1. The molecule has 10 heteroatoms. The first-order valence-electron chi connectivity index (χ1n) is 10.3. The number of fused-ring (bicyclic) bond motifs is 1. The molecule has 0 atom stereocenters. The van der Waals surface area contributed by atoms with Crippen molar-refractivity contribution in [2.75, 3.05) is 17.3 Å². The fourth-order valence-electron chi connectivity index (χ4n) is 3.39. The lowest BCUT2D eigenvalue weighted by atomic mass is 10.1. The van der Waals surface area contributed by atoms with Crippen LogP contribution in [0.25, 0.3) is 15.9 Å². The summed E-state index contributed by atoms with van der Waals surface area (Å²) in [5.41, 5.74) is 8.96. The summed E-state index contributed by atoms with van der Waals surface area (Å²) in [6.45, 7) is 0. The standard InChI is InChI=1S/C25H17FN6OS2/c1-34-21-12-20(31-32(21)19-9-7-17(26)8-10-19)24(33)30-18-4-2-3-15(11-18)5-6-16-13-35-25-22(16)23(27)28-14-29-25/h2-4,7-14H,1H3,(H,30,33)(H2,27,28,29). The number of halogens is 1. The Hall–Kier alpha value is -4.20. The number of hydrogen-bond donors (Lipinski definition) is 2. The van der Waals surface area contributed by atoms with Crippen LogP contribution in [0.5, 0.6) is 0 Å². The summed E-state index contributed by atoms with van der Waals surface area (Å²) in [6, 6.07) is 14.9. The van der Waals surface area contributed by atoms with Crippen molar-refractivity contribution in [2.24, 2.45) is 0 Å². The quantitative estimate of drug-likeness (QED) is 0.267. The molecule has 3 aromatic heterocycles. The van der Waals surface area contributed by atoms with Crippen molar-refractivity contribution in [1.82, 2.24) is 19.7 Å². The van der Waals surface area contributed by atoms with Gasteiger partial charge in [0, 0.05) is 28.3 Å². The van der Waals surface area contributed by atoms with Gasteiger partial charge in [0.15, 0.2) is 5.69 Å². The average molecular weight is 501 g/mol. The molecule has 0 unspecified atom stereocenters. The molecule has 172 valence electrons. The summed E-state index contributed by atoms with van der Waals surface area (Å²) in [5.74, 6) is 5.93. The Morgan fingerprint density at radius 2 is 1.97 bits per heavy atom. The van der Waals surface area contributed by atoms with Crippen LogP contribution in [-0.2, 0) is 0 Å². The SMILES string of the molecule is CSc1cc(C(=O)Nc2cccc(C#Cc3csc4ncnc(N)c34)c2)nn1-c1ccc(F)cc1.